The van der Waals surface area contributed by atoms with Crippen molar-refractivity contribution in [3.8, 4) is 0 Å². The maximum absolute atomic E-state index is 12.3. The van der Waals surface area contributed by atoms with Gasteiger partial charge in [-0.25, -0.2) is 4.98 Å². The van der Waals surface area contributed by atoms with Crippen LogP contribution in [0.5, 0.6) is 0 Å². The molecule has 1 N–H and O–H groups in total. The lowest BCUT2D eigenvalue weighted by Crippen LogP contribution is -2.29. The van der Waals surface area contributed by atoms with Crippen LogP contribution in [0.2, 0.25) is 5.02 Å². The Kier molecular flexibility index (Phi) is 4.47. The van der Waals surface area contributed by atoms with Crippen LogP contribution in [-0.2, 0) is 18.3 Å². The minimum Gasteiger partial charge on any atom is -0.346 e. The highest BCUT2D eigenvalue weighted by Gasteiger charge is 2.24. The molecule has 4 rings (SSSR count). The third-order valence-electron chi connectivity index (χ3n) is 4.77. The number of carbonyl (C=O) groups is 1. The molecule has 0 radical (unpaired) electrons. The second kappa shape index (κ2) is 6.92. The predicted molar refractivity (Wildman–Crippen MR) is 103 cm³/mol. The first-order chi connectivity index (χ1) is 12.6. The molecular weight excluding hydrogens is 348 g/mol. The van der Waals surface area contributed by atoms with Gasteiger partial charge in [0.05, 0.1) is 23.4 Å². The van der Waals surface area contributed by atoms with Crippen LogP contribution in [0.4, 0.5) is 0 Å². The molecule has 26 heavy (non-hydrogen) atoms. The molecule has 0 bridgehead atoms. The highest BCUT2D eigenvalue weighted by Crippen LogP contribution is 2.29. The molecule has 2 aromatic heterocycles. The number of halogens is 1. The Morgan fingerprint density at radius 2 is 2.19 bits per heavy atom. The average molecular weight is 367 g/mol. The summed E-state index contributed by atoms with van der Waals surface area (Å²) in [5.74, 6) is -0.125. The van der Waals surface area contributed by atoms with E-state index in [2.05, 4.69) is 15.4 Å². The molecular formula is C20H19ClN4O. The van der Waals surface area contributed by atoms with Gasteiger partial charge >= 0.3 is 0 Å². The van der Waals surface area contributed by atoms with Crippen molar-refractivity contribution in [2.45, 2.75) is 25.3 Å². The summed E-state index contributed by atoms with van der Waals surface area (Å²) in [7, 11) is 1.95. The summed E-state index contributed by atoms with van der Waals surface area (Å²) >= 11 is 6.02. The van der Waals surface area contributed by atoms with Gasteiger partial charge < -0.3 is 5.32 Å². The monoisotopic (exact) mass is 366 g/mol. The average Bonchev–Trinajstić information content (AvgIpc) is 3.02. The van der Waals surface area contributed by atoms with Crippen LogP contribution in [0.3, 0.4) is 0 Å². The number of aryl methyl sites for hydroxylation is 1. The fourth-order valence-electron chi connectivity index (χ4n) is 3.44. The van der Waals surface area contributed by atoms with E-state index in [1.165, 1.54) is 11.8 Å². The standard InChI is InChI=1S/C20H19ClN4O/c1-25-19-4-2-3-17(16(19)12-22-25)24-20(26)10-9-15-8-6-13-5-7-14(21)11-18(13)23-15/h5-12,17H,2-4H2,1H3,(H,24,26). The second-order valence-electron chi connectivity index (χ2n) is 6.53. The van der Waals surface area contributed by atoms with Gasteiger partial charge in [0.25, 0.3) is 0 Å². The lowest BCUT2D eigenvalue weighted by Gasteiger charge is -2.23. The maximum atomic E-state index is 12.3. The number of nitrogens with one attached hydrogen (secondary N) is 1. The molecule has 0 aliphatic heterocycles. The van der Waals surface area contributed by atoms with Crippen molar-refractivity contribution in [3.05, 3.63) is 64.6 Å². The van der Waals surface area contributed by atoms with E-state index in [0.29, 0.717) is 5.02 Å². The van der Waals surface area contributed by atoms with Crippen molar-refractivity contribution in [3.63, 3.8) is 0 Å². The fraction of sp³-hybridized carbons (Fsp3) is 0.250. The molecule has 0 saturated heterocycles. The molecule has 2 heterocycles. The topological polar surface area (TPSA) is 59.8 Å². The largest absolute Gasteiger partial charge is 0.346 e. The van der Waals surface area contributed by atoms with E-state index >= 15 is 0 Å². The van der Waals surface area contributed by atoms with Crippen molar-refractivity contribution < 1.29 is 4.79 Å². The molecule has 0 saturated carbocycles. The van der Waals surface area contributed by atoms with Gasteiger partial charge in [-0.2, -0.15) is 5.10 Å². The zero-order valence-corrected chi connectivity index (χ0v) is 15.2. The Bertz CT molecular complexity index is 1010. The normalized spacial score (nSPS) is 16.8. The molecule has 132 valence electrons. The van der Waals surface area contributed by atoms with E-state index in [0.717, 1.165) is 41.4 Å². The summed E-state index contributed by atoms with van der Waals surface area (Å²) in [6.07, 6.45) is 8.11. The number of carbonyl (C=O) groups excluding carboxylic acids is 1. The van der Waals surface area contributed by atoms with E-state index in [-0.39, 0.29) is 11.9 Å². The summed E-state index contributed by atoms with van der Waals surface area (Å²) in [6.45, 7) is 0. The third kappa shape index (κ3) is 3.35. The first-order valence-electron chi connectivity index (χ1n) is 8.66. The number of amides is 1. The number of rotatable bonds is 3. The van der Waals surface area contributed by atoms with Crippen molar-refractivity contribution in [2.75, 3.05) is 0 Å². The Labute approximate surface area is 156 Å². The van der Waals surface area contributed by atoms with E-state index in [1.54, 1.807) is 6.08 Å². The van der Waals surface area contributed by atoms with Crippen LogP contribution in [0.1, 0.15) is 35.8 Å². The van der Waals surface area contributed by atoms with Crippen LogP contribution in [0, 0.1) is 0 Å². The van der Waals surface area contributed by atoms with Gasteiger partial charge in [-0.3, -0.25) is 9.48 Å². The number of pyridine rings is 1. The fourth-order valence-corrected chi connectivity index (χ4v) is 3.60. The first-order valence-corrected chi connectivity index (χ1v) is 9.03. The minimum atomic E-state index is -0.125. The Balaban J connectivity index is 1.48. The smallest absolute Gasteiger partial charge is 0.244 e. The zero-order valence-electron chi connectivity index (χ0n) is 14.4. The molecule has 1 aliphatic carbocycles. The maximum Gasteiger partial charge on any atom is 0.244 e. The molecule has 3 aromatic rings. The number of benzene rings is 1. The van der Waals surface area contributed by atoms with Gasteiger partial charge in [0.2, 0.25) is 5.91 Å². The van der Waals surface area contributed by atoms with Gasteiger partial charge in [0.15, 0.2) is 0 Å². The van der Waals surface area contributed by atoms with Crippen molar-refractivity contribution >= 4 is 34.5 Å². The molecule has 1 aliphatic rings. The molecule has 6 heteroatoms. The minimum absolute atomic E-state index is 0.0213. The van der Waals surface area contributed by atoms with Gasteiger partial charge in [0.1, 0.15) is 0 Å². The molecule has 1 aromatic carbocycles. The molecule has 1 unspecified atom stereocenters. The molecule has 5 nitrogen and oxygen atoms in total. The molecule has 0 fully saturated rings. The second-order valence-corrected chi connectivity index (χ2v) is 6.97. The summed E-state index contributed by atoms with van der Waals surface area (Å²) in [4.78, 5) is 16.9. The van der Waals surface area contributed by atoms with Crippen molar-refractivity contribution in [1.82, 2.24) is 20.1 Å². The van der Waals surface area contributed by atoms with Gasteiger partial charge in [0, 0.05) is 34.8 Å². The number of fused-ring (bicyclic) bond motifs is 2. The zero-order chi connectivity index (χ0) is 18.1. The van der Waals surface area contributed by atoms with E-state index in [1.807, 2.05) is 48.3 Å². The lowest BCUT2D eigenvalue weighted by atomic mass is 9.93. The summed E-state index contributed by atoms with van der Waals surface area (Å²) in [5, 5.41) is 9.05. The Morgan fingerprint density at radius 1 is 1.35 bits per heavy atom. The summed E-state index contributed by atoms with van der Waals surface area (Å²) < 4.78 is 1.90. The van der Waals surface area contributed by atoms with Crippen molar-refractivity contribution in [1.29, 1.82) is 0 Å². The third-order valence-corrected chi connectivity index (χ3v) is 5.01. The number of hydrogen-bond acceptors (Lipinski definition) is 3. The van der Waals surface area contributed by atoms with Crippen LogP contribution in [-0.4, -0.2) is 20.7 Å². The molecule has 1 amide bonds. The predicted octanol–water partition coefficient (Wildman–Crippen LogP) is 3.83. The number of nitrogens with zero attached hydrogens (tertiary/aromatic N) is 3. The van der Waals surface area contributed by atoms with Crippen molar-refractivity contribution in [2.24, 2.45) is 7.05 Å². The number of hydrogen-bond donors (Lipinski definition) is 1. The van der Waals surface area contributed by atoms with Crippen LogP contribution in [0.15, 0.2) is 42.6 Å². The quantitative estimate of drug-likeness (QED) is 0.717. The van der Waals surface area contributed by atoms with E-state index < -0.39 is 0 Å². The highest BCUT2D eigenvalue weighted by atomic mass is 35.5. The SMILES string of the molecule is Cn1ncc2c1CCCC2NC(=O)C=Cc1ccc2ccc(Cl)cc2n1. The summed E-state index contributed by atoms with van der Waals surface area (Å²) in [5.41, 5.74) is 3.87. The van der Waals surface area contributed by atoms with E-state index in [9.17, 15) is 4.79 Å². The summed E-state index contributed by atoms with van der Waals surface area (Å²) in [6, 6.07) is 9.47. The number of aromatic nitrogens is 3. The highest BCUT2D eigenvalue weighted by molar-refractivity contribution is 6.31. The first kappa shape index (κ1) is 16.8. The van der Waals surface area contributed by atoms with Gasteiger partial charge in [-0.05, 0) is 43.5 Å². The van der Waals surface area contributed by atoms with Crippen LogP contribution < -0.4 is 5.32 Å². The lowest BCUT2D eigenvalue weighted by molar-refractivity contribution is -0.117. The molecule has 1 atom stereocenters. The van der Waals surface area contributed by atoms with Crippen LogP contribution in [0.25, 0.3) is 17.0 Å². The molecule has 0 spiro atoms. The van der Waals surface area contributed by atoms with Crippen LogP contribution >= 0.6 is 11.6 Å². The Morgan fingerprint density at radius 3 is 3.08 bits per heavy atom. The van der Waals surface area contributed by atoms with Gasteiger partial charge in [-0.15, -0.1) is 0 Å². The van der Waals surface area contributed by atoms with E-state index in [4.69, 9.17) is 11.6 Å². The Hall–Kier alpha value is -2.66. The van der Waals surface area contributed by atoms with Gasteiger partial charge in [-0.1, -0.05) is 23.7 Å².